The Hall–Kier alpha value is -0.780. The van der Waals surface area contributed by atoms with E-state index < -0.39 is 0 Å². The van der Waals surface area contributed by atoms with Crippen LogP contribution in [0.3, 0.4) is 0 Å². The third kappa shape index (κ3) is 6.24. The minimum atomic E-state index is 0.883. The molecule has 0 bridgehead atoms. The van der Waals surface area contributed by atoms with E-state index in [0.29, 0.717) is 0 Å². The zero-order valence-corrected chi connectivity index (χ0v) is 14.3. The molecule has 21 heavy (non-hydrogen) atoms. The van der Waals surface area contributed by atoms with E-state index in [1.807, 2.05) is 0 Å². The van der Waals surface area contributed by atoms with Gasteiger partial charge in [0, 0.05) is 0 Å². The standard InChI is InChI=1S/C21H34/c1-18(2)11-7-5-3-4-6-8-12-19-15-16-20-13-9-10-14-21(20)17-19/h15-18H,3-14H2,1-2H3. The lowest BCUT2D eigenvalue weighted by atomic mass is 9.89. The second-order valence-electron chi connectivity index (χ2n) is 7.36. The molecule has 0 aliphatic heterocycles. The summed E-state index contributed by atoms with van der Waals surface area (Å²) in [6.45, 7) is 4.66. The van der Waals surface area contributed by atoms with Gasteiger partial charge in [-0.1, -0.05) is 70.6 Å². The third-order valence-electron chi connectivity index (χ3n) is 4.91. The van der Waals surface area contributed by atoms with Crippen LogP contribution in [0.5, 0.6) is 0 Å². The molecule has 0 heteroatoms. The van der Waals surface area contributed by atoms with E-state index in [1.54, 1.807) is 16.7 Å². The lowest BCUT2D eigenvalue weighted by molar-refractivity contribution is 0.511. The van der Waals surface area contributed by atoms with Gasteiger partial charge in [0.2, 0.25) is 0 Å². The van der Waals surface area contributed by atoms with Crippen molar-refractivity contribution in [2.24, 2.45) is 5.92 Å². The van der Waals surface area contributed by atoms with Crippen LogP contribution in [0, 0.1) is 5.92 Å². The maximum Gasteiger partial charge on any atom is -0.0276 e. The minimum Gasteiger partial charge on any atom is -0.0628 e. The molecule has 1 aliphatic carbocycles. The fourth-order valence-corrected chi connectivity index (χ4v) is 3.53. The molecule has 0 radical (unpaired) electrons. The van der Waals surface area contributed by atoms with Crippen molar-refractivity contribution < 1.29 is 0 Å². The zero-order valence-electron chi connectivity index (χ0n) is 14.3. The van der Waals surface area contributed by atoms with Crippen LogP contribution >= 0.6 is 0 Å². The molecule has 1 aromatic carbocycles. The van der Waals surface area contributed by atoms with Crippen LogP contribution in [0.25, 0.3) is 0 Å². The lowest BCUT2D eigenvalue weighted by Crippen LogP contribution is -2.03. The van der Waals surface area contributed by atoms with Gasteiger partial charge in [0.1, 0.15) is 0 Å². The van der Waals surface area contributed by atoms with Crippen molar-refractivity contribution in [2.45, 2.75) is 90.9 Å². The van der Waals surface area contributed by atoms with Crippen LogP contribution in [-0.4, -0.2) is 0 Å². The van der Waals surface area contributed by atoms with E-state index in [1.165, 1.54) is 77.0 Å². The summed E-state index contributed by atoms with van der Waals surface area (Å²) in [7, 11) is 0. The highest BCUT2D eigenvalue weighted by molar-refractivity contribution is 5.33. The lowest BCUT2D eigenvalue weighted by Gasteiger charge is -2.16. The molecule has 0 saturated carbocycles. The fourth-order valence-electron chi connectivity index (χ4n) is 3.53. The van der Waals surface area contributed by atoms with Crippen molar-refractivity contribution in [2.75, 3.05) is 0 Å². The summed E-state index contributed by atoms with van der Waals surface area (Å²) in [5, 5.41) is 0. The van der Waals surface area contributed by atoms with Gasteiger partial charge in [-0.3, -0.25) is 0 Å². The number of unbranched alkanes of at least 4 members (excludes halogenated alkanes) is 5. The van der Waals surface area contributed by atoms with E-state index in [4.69, 9.17) is 0 Å². The Balaban J connectivity index is 1.56. The number of fused-ring (bicyclic) bond motifs is 1. The first kappa shape index (κ1) is 16.6. The SMILES string of the molecule is CC(C)CCCCCCCCc1ccc2c(c1)CCCC2. The van der Waals surface area contributed by atoms with Crippen molar-refractivity contribution in [1.82, 2.24) is 0 Å². The van der Waals surface area contributed by atoms with Crippen molar-refractivity contribution in [3.05, 3.63) is 34.9 Å². The topological polar surface area (TPSA) is 0 Å². The quantitative estimate of drug-likeness (QED) is 0.455. The van der Waals surface area contributed by atoms with E-state index >= 15 is 0 Å². The van der Waals surface area contributed by atoms with Gasteiger partial charge in [0.15, 0.2) is 0 Å². The summed E-state index contributed by atoms with van der Waals surface area (Å²) >= 11 is 0. The Kier molecular flexibility index (Phi) is 7.33. The van der Waals surface area contributed by atoms with Crippen LogP contribution in [0.1, 0.15) is 88.3 Å². The Labute approximate surface area is 132 Å². The summed E-state index contributed by atoms with van der Waals surface area (Å²) in [4.78, 5) is 0. The molecule has 0 aromatic heterocycles. The van der Waals surface area contributed by atoms with Crippen LogP contribution in [0.2, 0.25) is 0 Å². The first-order valence-electron chi connectivity index (χ1n) is 9.36. The Morgan fingerprint density at radius 3 is 2.24 bits per heavy atom. The van der Waals surface area contributed by atoms with E-state index in [2.05, 4.69) is 32.0 Å². The van der Waals surface area contributed by atoms with Gasteiger partial charge in [-0.05, 0) is 61.1 Å². The summed E-state index contributed by atoms with van der Waals surface area (Å²) < 4.78 is 0. The van der Waals surface area contributed by atoms with Crippen LogP contribution in [0.15, 0.2) is 18.2 Å². The first-order chi connectivity index (χ1) is 10.3. The minimum absolute atomic E-state index is 0.883. The van der Waals surface area contributed by atoms with E-state index in [0.717, 1.165) is 5.92 Å². The van der Waals surface area contributed by atoms with Crippen molar-refractivity contribution in [3.63, 3.8) is 0 Å². The number of hydrogen-bond acceptors (Lipinski definition) is 0. The summed E-state index contributed by atoms with van der Waals surface area (Å²) in [5.41, 5.74) is 4.85. The molecule has 0 amide bonds. The molecule has 0 saturated heterocycles. The van der Waals surface area contributed by atoms with Crippen molar-refractivity contribution in [3.8, 4) is 0 Å². The Bertz CT molecular complexity index is 402. The summed E-state index contributed by atoms with van der Waals surface area (Å²) in [6, 6.07) is 7.28. The number of hydrogen-bond donors (Lipinski definition) is 0. The molecule has 0 unspecified atom stereocenters. The molecule has 118 valence electrons. The van der Waals surface area contributed by atoms with E-state index in [-0.39, 0.29) is 0 Å². The third-order valence-corrected chi connectivity index (χ3v) is 4.91. The molecule has 0 N–H and O–H groups in total. The molecule has 0 heterocycles. The first-order valence-corrected chi connectivity index (χ1v) is 9.36. The number of benzene rings is 1. The molecule has 1 aromatic rings. The Morgan fingerprint density at radius 1 is 0.810 bits per heavy atom. The molecule has 2 rings (SSSR count). The fraction of sp³-hybridized carbons (Fsp3) is 0.714. The zero-order chi connectivity index (χ0) is 14.9. The van der Waals surface area contributed by atoms with Gasteiger partial charge >= 0.3 is 0 Å². The highest BCUT2D eigenvalue weighted by atomic mass is 14.1. The van der Waals surface area contributed by atoms with Gasteiger partial charge in [-0.2, -0.15) is 0 Å². The molecule has 0 fully saturated rings. The van der Waals surface area contributed by atoms with Gasteiger partial charge in [0.25, 0.3) is 0 Å². The van der Waals surface area contributed by atoms with Gasteiger partial charge < -0.3 is 0 Å². The smallest absolute Gasteiger partial charge is 0.0276 e. The highest BCUT2D eigenvalue weighted by Crippen LogP contribution is 2.23. The molecule has 1 aliphatic rings. The molecular formula is C21H34. The second-order valence-corrected chi connectivity index (χ2v) is 7.36. The summed E-state index contributed by atoms with van der Waals surface area (Å²) in [5.74, 6) is 0.883. The average molecular weight is 287 g/mol. The predicted molar refractivity (Wildman–Crippen MR) is 93.9 cm³/mol. The normalized spacial score (nSPS) is 14.4. The average Bonchev–Trinajstić information content (AvgIpc) is 2.49. The monoisotopic (exact) mass is 286 g/mol. The molecular weight excluding hydrogens is 252 g/mol. The summed E-state index contributed by atoms with van der Waals surface area (Å²) in [6.07, 6.45) is 16.7. The molecule has 0 atom stereocenters. The molecule has 0 spiro atoms. The maximum absolute atomic E-state index is 2.50. The number of aryl methyl sites for hydroxylation is 3. The predicted octanol–water partition coefficient (Wildman–Crippen LogP) is 6.49. The van der Waals surface area contributed by atoms with Crippen LogP contribution in [0.4, 0.5) is 0 Å². The van der Waals surface area contributed by atoms with Gasteiger partial charge in [0.05, 0.1) is 0 Å². The van der Waals surface area contributed by atoms with Crippen molar-refractivity contribution >= 4 is 0 Å². The molecule has 0 nitrogen and oxygen atoms in total. The number of rotatable bonds is 9. The Morgan fingerprint density at radius 2 is 1.48 bits per heavy atom. The van der Waals surface area contributed by atoms with Gasteiger partial charge in [-0.15, -0.1) is 0 Å². The van der Waals surface area contributed by atoms with Crippen LogP contribution < -0.4 is 0 Å². The highest BCUT2D eigenvalue weighted by Gasteiger charge is 2.09. The maximum atomic E-state index is 2.50. The largest absolute Gasteiger partial charge is 0.0628 e. The van der Waals surface area contributed by atoms with E-state index in [9.17, 15) is 0 Å². The van der Waals surface area contributed by atoms with Crippen LogP contribution in [-0.2, 0) is 19.3 Å². The van der Waals surface area contributed by atoms with Gasteiger partial charge in [-0.25, -0.2) is 0 Å². The second kappa shape index (κ2) is 9.28. The van der Waals surface area contributed by atoms with Crippen molar-refractivity contribution in [1.29, 1.82) is 0 Å².